The van der Waals surface area contributed by atoms with Gasteiger partial charge in [0.15, 0.2) is 0 Å². The van der Waals surface area contributed by atoms with E-state index in [2.05, 4.69) is 31.0 Å². The molecule has 1 fully saturated rings. The molecular weight excluding hydrogens is 212 g/mol. The van der Waals surface area contributed by atoms with E-state index < -0.39 is 0 Å². The van der Waals surface area contributed by atoms with Crippen LogP contribution in [0.5, 0.6) is 0 Å². The van der Waals surface area contributed by atoms with Crippen LogP contribution in [0, 0.1) is 11.8 Å². The minimum Gasteiger partial charge on any atom is -0.383 e. The van der Waals surface area contributed by atoms with E-state index in [1.165, 1.54) is 12.8 Å². The maximum absolute atomic E-state index is 5.27. The molecule has 1 aliphatic rings. The van der Waals surface area contributed by atoms with Crippen LogP contribution >= 0.6 is 0 Å². The van der Waals surface area contributed by atoms with Gasteiger partial charge in [-0.25, -0.2) is 0 Å². The molecule has 2 unspecified atom stereocenters. The Morgan fingerprint density at radius 3 is 2.35 bits per heavy atom. The van der Waals surface area contributed by atoms with E-state index in [9.17, 15) is 0 Å². The number of likely N-dealkylation sites (N-methyl/N-ethyl adjacent to an activating group) is 1. The Kier molecular flexibility index (Phi) is 6.45. The van der Waals surface area contributed by atoms with Crippen molar-refractivity contribution >= 4 is 0 Å². The minimum absolute atomic E-state index is 0.616. The van der Waals surface area contributed by atoms with Gasteiger partial charge in [0.2, 0.25) is 0 Å². The standard InChI is InChI=1S/C14H30N2O/c1-11(2)14(10-15-4)16(8-9-17-5)12(3)13-6-7-13/h11-15H,6-10H2,1-5H3. The van der Waals surface area contributed by atoms with Crippen LogP contribution < -0.4 is 5.32 Å². The van der Waals surface area contributed by atoms with Crippen molar-refractivity contribution in [3.05, 3.63) is 0 Å². The highest BCUT2D eigenvalue weighted by molar-refractivity contribution is 4.89. The second kappa shape index (κ2) is 7.34. The van der Waals surface area contributed by atoms with Crippen LogP contribution in [0.25, 0.3) is 0 Å². The summed E-state index contributed by atoms with van der Waals surface area (Å²) in [5.74, 6) is 1.60. The molecule has 0 aromatic heterocycles. The Hall–Kier alpha value is -0.120. The van der Waals surface area contributed by atoms with E-state index in [1.807, 2.05) is 7.05 Å². The Morgan fingerprint density at radius 1 is 1.29 bits per heavy atom. The predicted octanol–water partition coefficient (Wildman–Crippen LogP) is 1.98. The van der Waals surface area contributed by atoms with Crippen molar-refractivity contribution in [1.29, 1.82) is 0 Å². The van der Waals surface area contributed by atoms with Crippen molar-refractivity contribution in [2.45, 2.75) is 45.7 Å². The highest BCUT2D eigenvalue weighted by Crippen LogP contribution is 2.36. The maximum atomic E-state index is 5.27. The number of hydrogen-bond acceptors (Lipinski definition) is 3. The van der Waals surface area contributed by atoms with Crippen molar-refractivity contribution < 1.29 is 4.74 Å². The topological polar surface area (TPSA) is 24.5 Å². The maximum Gasteiger partial charge on any atom is 0.0589 e. The Labute approximate surface area is 107 Å². The smallest absolute Gasteiger partial charge is 0.0589 e. The number of rotatable bonds is 9. The highest BCUT2D eigenvalue weighted by Gasteiger charge is 2.35. The van der Waals surface area contributed by atoms with Gasteiger partial charge in [0.25, 0.3) is 0 Å². The summed E-state index contributed by atoms with van der Waals surface area (Å²) in [6.07, 6.45) is 2.82. The van der Waals surface area contributed by atoms with Crippen molar-refractivity contribution in [3.8, 4) is 0 Å². The summed E-state index contributed by atoms with van der Waals surface area (Å²) in [5.41, 5.74) is 0. The van der Waals surface area contributed by atoms with Crippen LogP contribution in [0.15, 0.2) is 0 Å². The number of nitrogens with one attached hydrogen (secondary N) is 1. The lowest BCUT2D eigenvalue weighted by atomic mass is 9.99. The molecular formula is C14H30N2O. The fraction of sp³-hybridized carbons (Fsp3) is 1.00. The Balaban J connectivity index is 2.62. The molecule has 1 aliphatic carbocycles. The van der Waals surface area contributed by atoms with Crippen molar-refractivity contribution in [2.24, 2.45) is 11.8 Å². The first-order valence-corrected chi connectivity index (χ1v) is 7.01. The molecule has 3 heteroatoms. The first-order valence-electron chi connectivity index (χ1n) is 7.01. The third-order valence-electron chi connectivity index (χ3n) is 3.99. The van der Waals surface area contributed by atoms with Gasteiger partial charge in [-0.05, 0) is 38.6 Å². The lowest BCUT2D eigenvalue weighted by Crippen LogP contribution is -2.51. The van der Waals surface area contributed by atoms with Crippen molar-refractivity contribution in [3.63, 3.8) is 0 Å². The van der Waals surface area contributed by atoms with Gasteiger partial charge in [-0.3, -0.25) is 4.90 Å². The van der Waals surface area contributed by atoms with Gasteiger partial charge in [-0.1, -0.05) is 13.8 Å². The fourth-order valence-corrected chi connectivity index (χ4v) is 2.66. The van der Waals surface area contributed by atoms with Crippen LogP contribution in [0.4, 0.5) is 0 Å². The monoisotopic (exact) mass is 242 g/mol. The molecule has 0 bridgehead atoms. The van der Waals surface area contributed by atoms with Gasteiger partial charge in [0, 0.05) is 32.3 Å². The summed E-state index contributed by atoms with van der Waals surface area (Å²) in [4.78, 5) is 2.66. The average Bonchev–Trinajstić information content (AvgIpc) is 3.11. The zero-order chi connectivity index (χ0) is 12.8. The number of hydrogen-bond donors (Lipinski definition) is 1. The third kappa shape index (κ3) is 4.57. The van der Waals surface area contributed by atoms with E-state index in [0.29, 0.717) is 18.0 Å². The molecule has 3 nitrogen and oxygen atoms in total. The Bertz CT molecular complexity index is 204. The number of methoxy groups -OCH3 is 1. The highest BCUT2D eigenvalue weighted by atomic mass is 16.5. The van der Waals surface area contributed by atoms with Gasteiger partial charge in [0.1, 0.15) is 0 Å². The lowest BCUT2D eigenvalue weighted by molar-refractivity contribution is 0.0622. The van der Waals surface area contributed by atoms with Crippen LogP contribution in [-0.2, 0) is 4.74 Å². The quantitative estimate of drug-likeness (QED) is 0.669. The van der Waals surface area contributed by atoms with Gasteiger partial charge in [-0.15, -0.1) is 0 Å². The molecule has 0 saturated heterocycles. The van der Waals surface area contributed by atoms with Crippen LogP contribution in [0.2, 0.25) is 0 Å². The second-order valence-corrected chi connectivity index (χ2v) is 5.68. The van der Waals surface area contributed by atoms with Crippen LogP contribution in [0.3, 0.4) is 0 Å². The van der Waals surface area contributed by atoms with E-state index in [1.54, 1.807) is 7.11 Å². The summed E-state index contributed by atoms with van der Waals surface area (Å²) >= 11 is 0. The number of nitrogens with zero attached hydrogens (tertiary/aromatic N) is 1. The molecule has 1 N–H and O–H groups in total. The number of ether oxygens (including phenoxy) is 1. The summed E-state index contributed by atoms with van der Waals surface area (Å²) < 4.78 is 5.27. The molecule has 0 amide bonds. The van der Waals surface area contributed by atoms with E-state index in [4.69, 9.17) is 4.74 Å². The van der Waals surface area contributed by atoms with Crippen LogP contribution in [0.1, 0.15) is 33.6 Å². The minimum atomic E-state index is 0.616. The normalized spacial score (nSPS) is 19.9. The fourth-order valence-electron chi connectivity index (χ4n) is 2.66. The molecule has 0 radical (unpaired) electrons. The third-order valence-corrected chi connectivity index (χ3v) is 3.99. The van der Waals surface area contributed by atoms with Crippen molar-refractivity contribution in [1.82, 2.24) is 10.2 Å². The first kappa shape index (κ1) is 14.9. The summed E-state index contributed by atoms with van der Waals surface area (Å²) in [5, 5.41) is 3.34. The van der Waals surface area contributed by atoms with Crippen LogP contribution in [-0.4, -0.2) is 50.8 Å². The molecule has 2 atom stereocenters. The molecule has 0 spiro atoms. The van der Waals surface area contributed by atoms with E-state index >= 15 is 0 Å². The van der Waals surface area contributed by atoms with Crippen molar-refractivity contribution in [2.75, 3.05) is 33.9 Å². The van der Waals surface area contributed by atoms with Gasteiger partial charge in [0.05, 0.1) is 6.61 Å². The summed E-state index contributed by atoms with van der Waals surface area (Å²) in [6.45, 7) is 9.99. The molecule has 1 rings (SSSR count). The van der Waals surface area contributed by atoms with Gasteiger partial charge >= 0.3 is 0 Å². The molecule has 1 saturated carbocycles. The lowest BCUT2D eigenvalue weighted by Gasteiger charge is -2.39. The van der Waals surface area contributed by atoms with E-state index in [-0.39, 0.29) is 0 Å². The molecule has 0 aromatic carbocycles. The predicted molar refractivity (Wildman–Crippen MR) is 73.3 cm³/mol. The largest absolute Gasteiger partial charge is 0.383 e. The van der Waals surface area contributed by atoms with Gasteiger partial charge < -0.3 is 10.1 Å². The first-order chi connectivity index (χ1) is 8.11. The zero-order valence-corrected chi connectivity index (χ0v) is 12.2. The molecule has 17 heavy (non-hydrogen) atoms. The second-order valence-electron chi connectivity index (χ2n) is 5.68. The summed E-state index contributed by atoms with van der Waals surface area (Å²) in [7, 11) is 3.84. The SMILES string of the molecule is CNCC(C(C)C)N(CCOC)C(C)C1CC1. The molecule has 0 aromatic rings. The summed E-state index contributed by atoms with van der Waals surface area (Å²) in [6, 6.07) is 1.32. The molecule has 0 aliphatic heterocycles. The van der Waals surface area contributed by atoms with E-state index in [0.717, 1.165) is 25.6 Å². The molecule has 102 valence electrons. The Morgan fingerprint density at radius 2 is 1.94 bits per heavy atom. The zero-order valence-electron chi connectivity index (χ0n) is 12.2. The van der Waals surface area contributed by atoms with Gasteiger partial charge in [-0.2, -0.15) is 0 Å². The molecule has 0 heterocycles. The average molecular weight is 242 g/mol.